The van der Waals surface area contributed by atoms with Crippen LogP contribution in [0.4, 0.5) is 0 Å². The van der Waals surface area contributed by atoms with Crippen LogP contribution in [0.15, 0.2) is 45.9 Å². The van der Waals surface area contributed by atoms with Crippen molar-refractivity contribution in [1.82, 2.24) is 4.31 Å². The molecule has 0 aliphatic carbocycles. The number of nitrogens with zero attached hydrogens (tertiary/aromatic N) is 1. The quantitative estimate of drug-likeness (QED) is 0.749. The van der Waals surface area contributed by atoms with Crippen LogP contribution in [0, 0.1) is 0 Å². The van der Waals surface area contributed by atoms with E-state index in [4.69, 9.17) is 32.4 Å². The van der Waals surface area contributed by atoms with Crippen LogP contribution >= 0.6 is 23.2 Å². The van der Waals surface area contributed by atoms with E-state index in [-0.39, 0.29) is 29.1 Å². The summed E-state index contributed by atoms with van der Waals surface area (Å²) in [5.41, 5.74) is 0. The molecular weight excluding hydrogens is 373 g/mol. The zero-order chi connectivity index (χ0) is 17.2. The number of halogens is 2. The second kappa shape index (κ2) is 7.45. The third-order valence-electron chi connectivity index (χ3n) is 3.85. The van der Waals surface area contributed by atoms with E-state index in [0.717, 1.165) is 12.8 Å². The van der Waals surface area contributed by atoms with Crippen LogP contribution in [0.1, 0.15) is 18.6 Å². The van der Waals surface area contributed by atoms with Crippen molar-refractivity contribution >= 4 is 33.2 Å². The number of sulfonamides is 1. The van der Waals surface area contributed by atoms with Gasteiger partial charge in [-0.05, 0) is 43.2 Å². The van der Waals surface area contributed by atoms with Crippen LogP contribution < -0.4 is 0 Å². The fourth-order valence-electron chi connectivity index (χ4n) is 2.65. The Bertz CT molecular complexity index is 786. The lowest BCUT2D eigenvalue weighted by atomic mass is 10.2. The fourth-order valence-corrected chi connectivity index (χ4v) is 4.83. The van der Waals surface area contributed by atoms with Gasteiger partial charge in [0, 0.05) is 18.2 Å². The second-order valence-electron chi connectivity index (χ2n) is 5.59. The summed E-state index contributed by atoms with van der Waals surface area (Å²) >= 11 is 12.1. The molecule has 0 bridgehead atoms. The van der Waals surface area contributed by atoms with Crippen LogP contribution in [0.5, 0.6) is 0 Å². The molecule has 1 aliphatic rings. The van der Waals surface area contributed by atoms with E-state index in [2.05, 4.69) is 0 Å². The molecule has 0 radical (unpaired) electrons. The highest BCUT2D eigenvalue weighted by molar-refractivity contribution is 7.89. The third kappa shape index (κ3) is 3.95. The largest absolute Gasteiger partial charge is 0.468 e. The molecule has 1 fully saturated rings. The maximum absolute atomic E-state index is 13.1. The molecule has 1 aliphatic heterocycles. The van der Waals surface area contributed by atoms with Gasteiger partial charge in [0.2, 0.25) is 10.0 Å². The lowest BCUT2D eigenvalue weighted by Gasteiger charge is -2.24. The van der Waals surface area contributed by atoms with Crippen LogP contribution in [0.25, 0.3) is 0 Å². The van der Waals surface area contributed by atoms with E-state index >= 15 is 0 Å². The fraction of sp³-hybridized carbons (Fsp3) is 0.375. The number of furan rings is 1. The Kier molecular flexibility index (Phi) is 5.52. The maximum Gasteiger partial charge on any atom is 0.245 e. The molecule has 24 heavy (non-hydrogen) atoms. The summed E-state index contributed by atoms with van der Waals surface area (Å²) in [6, 6.07) is 7.85. The van der Waals surface area contributed by atoms with Crippen molar-refractivity contribution in [1.29, 1.82) is 0 Å². The van der Waals surface area contributed by atoms with Crippen molar-refractivity contribution in [3.63, 3.8) is 0 Å². The Morgan fingerprint density at radius 3 is 2.75 bits per heavy atom. The Balaban J connectivity index is 1.94. The minimum Gasteiger partial charge on any atom is -0.468 e. The predicted octanol–water partition coefficient (Wildman–Crippen LogP) is 3.96. The van der Waals surface area contributed by atoms with E-state index < -0.39 is 10.0 Å². The van der Waals surface area contributed by atoms with Crippen LogP contribution in [-0.2, 0) is 21.3 Å². The van der Waals surface area contributed by atoms with Gasteiger partial charge in [-0.2, -0.15) is 4.31 Å². The minimum atomic E-state index is -3.84. The number of ether oxygens (including phenoxy) is 1. The summed E-state index contributed by atoms with van der Waals surface area (Å²) < 4.78 is 38.4. The summed E-state index contributed by atoms with van der Waals surface area (Å²) in [4.78, 5) is -0.0128. The molecule has 130 valence electrons. The molecule has 0 saturated carbocycles. The van der Waals surface area contributed by atoms with Crippen LogP contribution in [-0.4, -0.2) is 32.0 Å². The molecule has 1 atom stereocenters. The monoisotopic (exact) mass is 389 g/mol. The van der Waals surface area contributed by atoms with E-state index in [1.54, 1.807) is 18.2 Å². The van der Waals surface area contributed by atoms with Crippen molar-refractivity contribution in [2.24, 2.45) is 0 Å². The van der Waals surface area contributed by atoms with Crippen molar-refractivity contribution < 1.29 is 17.6 Å². The van der Waals surface area contributed by atoms with Gasteiger partial charge in [0.1, 0.15) is 10.7 Å². The molecule has 3 rings (SSSR count). The summed E-state index contributed by atoms with van der Waals surface area (Å²) in [6.45, 7) is 1.00. The first-order valence-electron chi connectivity index (χ1n) is 7.56. The zero-order valence-electron chi connectivity index (χ0n) is 12.8. The summed E-state index contributed by atoms with van der Waals surface area (Å²) in [7, 11) is -3.84. The molecule has 0 N–H and O–H groups in total. The van der Waals surface area contributed by atoms with Crippen LogP contribution in [0.3, 0.4) is 0 Å². The van der Waals surface area contributed by atoms with E-state index in [1.165, 1.54) is 22.7 Å². The van der Waals surface area contributed by atoms with Gasteiger partial charge in [-0.15, -0.1) is 0 Å². The molecule has 0 amide bonds. The van der Waals surface area contributed by atoms with Gasteiger partial charge in [0.25, 0.3) is 0 Å². The summed E-state index contributed by atoms with van der Waals surface area (Å²) in [5.74, 6) is 0.551. The van der Waals surface area contributed by atoms with E-state index in [9.17, 15) is 8.42 Å². The zero-order valence-corrected chi connectivity index (χ0v) is 15.1. The number of hydrogen-bond acceptors (Lipinski definition) is 4. The van der Waals surface area contributed by atoms with Crippen molar-refractivity contribution in [3.8, 4) is 0 Å². The highest BCUT2D eigenvalue weighted by Gasteiger charge is 2.31. The predicted molar refractivity (Wildman–Crippen MR) is 91.7 cm³/mol. The summed E-state index contributed by atoms with van der Waals surface area (Å²) in [6.07, 6.45) is 3.14. The van der Waals surface area contributed by atoms with Gasteiger partial charge in [-0.25, -0.2) is 8.42 Å². The summed E-state index contributed by atoms with van der Waals surface area (Å²) in [5, 5.41) is 0.448. The Morgan fingerprint density at radius 1 is 1.25 bits per heavy atom. The van der Waals surface area contributed by atoms with Gasteiger partial charge in [-0.1, -0.05) is 23.2 Å². The third-order valence-corrected chi connectivity index (χ3v) is 6.38. The SMILES string of the molecule is O=S(=O)(c1cc(Cl)ccc1Cl)N(Cc1ccco1)CC1CCCO1. The molecule has 1 aromatic heterocycles. The lowest BCUT2D eigenvalue weighted by Crippen LogP contribution is -2.37. The molecule has 2 aromatic rings. The average molecular weight is 390 g/mol. The topological polar surface area (TPSA) is 59.8 Å². The Labute approximate surface area is 151 Å². The molecule has 1 aromatic carbocycles. The van der Waals surface area contributed by atoms with Gasteiger partial charge in [-0.3, -0.25) is 0 Å². The molecular formula is C16H17Cl2NO4S. The first-order valence-corrected chi connectivity index (χ1v) is 9.75. The first-order chi connectivity index (χ1) is 11.5. The highest BCUT2D eigenvalue weighted by atomic mass is 35.5. The number of hydrogen-bond donors (Lipinski definition) is 0. The lowest BCUT2D eigenvalue weighted by molar-refractivity contribution is 0.0914. The van der Waals surface area contributed by atoms with Gasteiger partial charge in [0.05, 0.1) is 23.9 Å². The Morgan fingerprint density at radius 2 is 2.08 bits per heavy atom. The molecule has 8 heteroatoms. The van der Waals surface area contributed by atoms with E-state index in [0.29, 0.717) is 17.4 Å². The van der Waals surface area contributed by atoms with Gasteiger partial charge >= 0.3 is 0 Å². The maximum atomic E-state index is 13.1. The van der Waals surface area contributed by atoms with Crippen molar-refractivity contribution in [3.05, 3.63) is 52.4 Å². The minimum absolute atomic E-state index is 0.0128. The van der Waals surface area contributed by atoms with Crippen molar-refractivity contribution in [2.45, 2.75) is 30.4 Å². The van der Waals surface area contributed by atoms with Crippen LogP contribution in [0.2, 0.25) is 10.0 Å². The first kappa shape index (κ1) is 17.8. The molecule has 1 unspecified atom stereocenters. The van der Waals surface area contributed by atoms with Gasteiger partial charge in [0.15, 0.2) is 0 Å². The molecule has 0 spiro atoms. The normalized spacial score (nSPS) is 18.4. The van der Waals surface area contributed by atoms with Gasteiger partial charge < -0.3 is 9.15 Å². The average Bonchev–Trinajstić information content (AvgIpc) is 3.22. The standard InChI is InChI=1S/C16H17Cl2NO4S/c17-12-5-6-15(18)16(9-12)24(20,21)19(10-13-3-1-7-22-13)11-14-4-2-8-23-14/h1,3,5-7,9,14H,2,4,8,10-11H2. The van der Waals surface area contributed by atoms with Crippen molar-refractivity contribution in [2.75, 3.05) is 13.2 Å². The number of benzene rings is 1. The smallest absolute Gasteiger partial charge is 0.245 e. The Hall–Kier alpha value is -1.05. The highest BCUT2D eigenvalue weighted by Crippen LogP contribution is 2.29. The number of rotatable bonds is 6. The molecule has 5 nitrogen and oxygen atoms in total. The second-order valence-corrected chi connectivity index (χ2v) is 8.34. The molecule has 2 heterocycles. The van der Waals surface area contributed by atoms with E-state index in [1.807, 2.05) is 0 Å². The molecule has 1 saturated heterocycles.